The van der Waals surface area contributed by atoms with Crippen molar-refractivity contribution >= 4 is 5.96 Å². The quantitative estimate of drug-likeness (QED) is 0.468. The zero-order chi connectivity index (χ0) is 19.4. The Hall–Kier alpha value is -3.41. The molecule has 3 rings (SSSR count). The average molecular weight is 375 g/mol. The first kappa shape index (κ1) is 19.4. The van der Waals surface area contributed by atoms with Crippen molar-refractivity contribution < 1.29 is 4.74 Å². The molecule has 0 radical (unpaired) electrons. The van der Waals surface area contributed by atoms with Crippen molar-refractivity contribution in [2.75, 3.05) is 13.6 Å². The molecule has 2 heterocycles. The van der Waals surface area contributed by atoms with Gasteiger partial charge in [0, 0.05) is 50.2 Å². The lowest BCUT2D eigenvalue weighted by Gasteiger charge is -2.14. The summed E-state index contributed by atoms with van der Waals surface area (Å²) in [4.78, 5) is 13.0. The second-order valence-corrected chi connectivity index (χ2v) is 6.17. The molecule has 144 valence electrons. The Morgan fingerprint density at radius 3 is 2.54 bits per heavy atom. The van der Waals surface area contributed by atoms with Crippen molar-refractivity contribution in [2.45, 2.75) is 19.6 Å². The van der Waals surface area contributed by atoms with E-state index in [-0.39, 0.29) is 0 Å². The number of guanidine groups is 1. The Balaban J connectivity index is 1.50. The van der Waals surface area contributed by atoms with Gasteiger partial charge in [-0.1, -0.05) is 42.5 Å². The molecule has 0 unspecified atom stereocenters. The molecule has 0 atom stereocenters. The lowest BCUT2D eigenvalue weighted by Crippen LogP contribution is -2.38. The molecular weight excluding hydrogens is 350 g/mol. The second kappa shape index (κ2) is 10.7. The van der Waals surface area contributed by atoms with Gasteiger partial charge in [-0.3, -0.25) is 9.98 Å². The Bertz CT molecular complexity index is 868. The van der Waals surface area contributed by atoms with Crippen LogP contribution < -0.4 is 15.4 Å². The van der Waals surface area contributed by atoms with Gasteiger partial charge in [0.2, 0.25) is 5.88 Å². The number of hydrogen-bond acceptors (Lipinski definition) is 4. The summed E-state index contributed by atoms with van der Waals surface area (Å²) < 4.78 is 5.91. The summed E-state index contributed by atoms with van der Waals surface area (Å²) >= 11 is 0. The summed E-state index contributed by atoms with van der Waals surface area (Å²) in [5, 5.41) is 6.61. The molecule has 6 nitrogen and oxygen atoms in total. The number of rotatable bonds is 8. The largest absolute Gasteiger partial charge is 0.473 e. The first-order valence-electron chi connectivity index (χ1n) is 9.30. The molecule has 0 amide bonds. The van der Waals surface area contributed by atoms with Gasteiger partial charge in [-0.15, -0.1) is 0 Å². The lowest BCUT2D eigenvalue weighted by molar-refractivity contribution is 0.290. The van der Waals surface area contributed by atoms with Crippen LogP contribution in [0.25, 0.3) is 0 Å². The maximum atomic E-state index is 5.91. The average Bonchev–Trinajstić information content (AvgIpc) is 2.76. The van der Waals surface area contributed by atoms with E-state index in [2.05, 4.69) is 25.6 Å². The number of benzene rings is 1. The molecule has 0 aliphatic rings. The van der Waals surface area contributed by atoms with Gasteiger partial charge in [0.15, 0.2) is 5.96 Å². The van der Waals surface area contributed by atoms with E-state index in [0.29, 0.717) is 19.0 Å². The maximum absolute atomic E-state index is 5.91. The molecule has 2 aromatic heterocycles. The fourth-order valence-electron chi connectivity index (χ4n) is 2.67. The number of aliphatic imine (C=N–C) groups is 1. The SMILES string of the molecule is CN=C(NCCc1ccccn1)NCc1cccnc1OCc1ccccc1. The van der Waals surface area contributed by atoms with Crippen LogP contribution in [0.4, 0.5) is 0 Å². The summed E-state index contributed by atoms with van der Waals surface area (Å²) in [5.41, 5.74) is 3.14. The van der Waals surface area contributed by atoms with Crippen molar-refractivity contribution in [1.82, 2.24) is 20.6 Å². The van der Waals surface area contributed by atoms with Crippen LogP contribution in [0.2, 0.25) is 0 Å². The molecule has 0 aliphatic carbocycles. The van der Waals surface area contributed by atoms with Crippen LogP contribution in [-0.2, 0) is 19.6 Å². The molecule has 0 fully saturated rings. The third-order valence-electron chi connectivity index (χ3n) is 4.14. The van der Waals surface area contributed by atoms with E-state index in [1.54, 1.807) is 13.2 Å². The third-order valence-corrected chi connectivity index (χ3v) is 4.14. The van der Waals surface area contributed by atoms with Gasteiger partial charge >= 0.3 is 0 Å². The summed E-state index contributed by atoms with van der Waals surface area (Å²) in [7, 11) is 1.76. The fourth-order valence-corrected chi connectivity index (χ4v) is 2.67. The highest BCUT2D eigenvalue weighted by atomic mass is 16.5. The number of nitrogens with one attached hydrogen (secondary N) is 2. The molecule has 0 aliphatic heterocycles. The minimum Gasteiger partial charge on any atom is -0.473 e. The molecule has 0 saturated carbocycles. The van der Waals surface area contributed by atoms with E-state index in [1.807, 2.05) is 66.9 Å². The molecule has 6 heteroatoms. The Morgan fingerprint density at radius 2 is 1.75 bits per heavy atom. The van der Waals surface area contributed by atoms with Crippen LogP contribution in [0.5, 0.6) is 5.88 Å². The van der Waals surface area contributed by atoms with E-state index in [4.69, 9.17) is 4.74 Å². The molecular formula is C22H25N5O. The molecule has 3 aromatic rings. The van der Waals surface area contributed by atoms with Crippen molar-refractivity contribution in [2.24, 2.45) is 4.99 Å². The van der Waals surface area contributed by atoms with Crippen molar-refractivity contribution in [3.05, 3.63) is 89.9 Å². The van der Waals surface area contributed by atoms with E-state index in [0.717, 1.165) is 35.7 Å². The van der Waals surface area contributed by atoms with Crippen LogP contribution in [-0.4, -0.2) is 29.5 Å². The van der Waals surface area contributed by atoms with E-state index in [9.17, 15) is 0 Å². The summed E-state index contributed by atoms with van der Waals surface area (Å²) in [5.74, 6) is 1.36. The Kier molecular flexibility index (Phi) is 7.37. The number of ether oxygens (including phenoxy) is 1. The first-order valence-corrected chi connectivity index (χ1v) is 9.30. The van der Waals surface area contributed by atoms with Crippen LogP contribution >= 0.6 is 0 Å². The minimum atomic E-state index is 0.488. The van der Waals surface area contributed by atoms with Gasteiger partial charge in [0.1, 0.15) is 6.61 Å². The topological polar surface area (TPSA) is 71.4 Å². The molecule has 0 saturated heterocycles. The summed E-state index contributed by atoms with van der Waals surface area (Å²) in [6.45, 7) is 1.81. The van der Waals surface area contributed by atoms with Crippen molar-refractivity contribution in [3.8, 4) is 5.88 Å². The Morgan fingerprint density at radius 1 is 0.929 bits per heavy atom. The molecule has 1 aromatic carbocycles. The normalized spacial score (nSPS) is 11.1. The third kappa shape index (κ3) is 6.09. The van der Waals surface area contributed by atoms with Gasteiger partial charge in [-0.25, -0.2) is 4.98 Å². The predicted molar refractivity (Wildman–Crippen MR) is 111 cm³/mol. The minimum absolute atomic E-state index is 0.488. The fraction of sp³-hybridized carbons (Fsp3) is 0.227. The van der Waals surface area contributed by atoms with Gasteiger partial charge in [0.25, 0.3) is 0 Å². The lowest BCUT2D eigenvalue weighted by atomic mass is 10.2. The van der Waals surface area contributed by atoms with E-state index < -0.39 is 0 Å². The number of nitrogens with zero attached hydrogens (tertiary/aromatic N) is 3. The highest BCUT2D eigenvalue weighted by Crippen LogP contribution is 2.15. The predicted octanol–water partition coefficient (Wildman–Crippen LogP) is 2.96. The number of hydrogen-bond donors (Lipinski definition) is 2. The number of pyridine rings is 2. The standard InChI is InChI=1S/C22H25N5O/c1-23-22(26-15-12-20-11-5-6-13-24-20)27-16-19-10-7-14-25-21(19)28-17-18-8-3-2-4-9-18/h2-11,13-14H,12,15-17H2,1H3,(H2,23,26,27). The zero-order valence-corrected chi connectivity index (χ0v) is 16.0. The first-order chi connectivity index (χ1) is 13.8. The molecule has 28 heavy (non-hydrogen) atoms. The summed E-state index contributed by atoms with van der Waals surface area (Å²) in [6.07, 6.45) is 4.38. The summed E-state index contributed by atoms with van der Waals surface area (Å²) in [6, 6.07) is 19.9. The zero-order valence-electron chi connectivity index (χ0n) is 16.0. The highest BCUT2D eigenvalue weighted by molar-refractivity contribution is 5.79. The van der Waals surface area contributed by atoms with Crippen LogP contribution in [0, 0.1) is 0 Å². The van der Waals surface area contributed by atoms with Gasteiger partial charge in [0.05, 0.1) is 0 Å². The van der Waals surface area contributed by atoms with Crippen LogP contribution in [0.1, 0.15) is 16.8 Å². The molecule has 0 bridgehead atoms. The second-order valence-electron chi connectivity index (χ2n) is 6.17. The maximum Gasteiger partial charge on any atom is 0.218 e. The molecule has 0 spiro atoms. The van der Waals surface area contributed by atoms with Crippen LogP contribution in [0.3, 0.4) is 0 Å². The van der Waals surface area contributed by atoms with Gasteiger partial charge in [-0.05, 0) is 23.8 Å². The van der Waals surface area contributed by atoms with Crippen molar-refractivity contribution in [3.63, 3.8) is 0 Å². The Labute approximate surface area is 165 Å². The molecule has 2 N–H and O–H groups in total. The van der Waals surface area contributed by atoms with E-state index >= 15 is 0 Å². The highest BCUT2D eigenvalue weighted by Gasteiger charge is 2.06. The monoisotopic (exact) mass is 375 g/mol. The van der Waals surface area contributed by atoms with Gasteiger partial charge in [-0.2, -0.15) is 0 Å². The van der Waals surface area contributed by atoms with Crippen LogP contribution in [0.15, 0.2) is 78.0 Å². The van der Waals surface area contributed by atoms with Crippen molar-refractivity contribution in [1.29, 1.82) is 0 Å². The van der Waals surface area contributed by atoms with Gasteiger partial charge < -0.3 is 15.4 Å². The smallest absolute Gasteiger partial charge is 0.218 e. The van der Waals surface area contributed by atoms with E-state index in [1.165, 1.54) is 0 Å². The number of aromatic nitrogens is 2.